The van der Waals surface area contributed by atoms with Gasteiger partial charge in [-0.25, -0.2) is 5.43 Å². The van der Waals surface area contributed by atoms with E-state index in [2.05, 4.69) is 26.5 Å². The van der Waals surface area contributed by atoms with Gasteiger partial charge < -0.3 is 9.47 Å². The smallest absolute Gasteiger partial charge is 0.244 e. The SMILES string of the molecule is CCOc1cc(/C=N\NC(=O)Cc2cccc3ccccc23)c(Br)cc1OCc1ccccc1. The molecule has 1 N–H and O–H groups in total. The Balaban J connectivity index is 1.43. The van der Waals surface area contributed by atoms with Crippen LogP contribution in [0.5, 0.6) is 11.5 Å². The van der Waals surface area contributed by atoms with Gasteiger partial charge in [-0.2, -0.15) is 5.10 Å². The summed E-state index contributed by atoms with van der Waals surface area (Å²) >= 11 is 3.57. The maximum absolute atomic E-state index is 12.5. The second kappa shape index (κ2) is 11.5. The van der Waals surface area contributed by atoms with Gasteiger partial charge in [-0.1, -0.05) is 72.8 Å². The van der Waals surface area contributed by atoms with E-state index in [1.807, 2.05) is 91.9 Å². The lowest BCUT2D eigenvalue weighted by Crippen LogP contribution is -2.20. The molecule has 4 aromatic rings. The third-order valence-electron chi connectivity index (χ3n) is 5.22. The number of ether oxygens (including phenoxy) is 2. The summed E-state index contributed by atoms with van der Waals surface area (Å²) in [5.74, 6) is 1.07. The summed E-state index contributed by atoms with van der Waals surface area (Å²) in [6.45, 7) is 2.86. The molecular weight excluding hydrogens is 492 g/mol. The Labute approximate surface area is 207 Å². The molecule has 4 rings (SSSR count). The van der Waals surface area contributed by atoms with Crippen LogP contribution >= 0.6 is 15.9 Å². The molecule has 0 aliphatic carbocycles. The number of fused-ring (bicyclic) bond motifs is 1. The Bertz CT molecular complexity index is 1300. The minimum absolute atomic E-state index is 0.184. The topological polar surface area (TPSA) is 59.9 Å². The van der Waals surface area contributed by atoms with Crippen molar-refractivity contribution in [2.24, 2.45) is 5.10 Å². The van der Waals surface area contributed by atoms with Gasteiger partial charge in [0, 0.05) is 10.0 Å². The molecule has 0 heterocycles. The molecular formula is C28H25BrN2O3. The fraction of sp³-hybridized carbons (Fsp3) is 0.143. The first-order chi connectivity index (χ1) is 16.6. The minimum atomic E-state index is -0.184. The lowest BCUT2D eigenvalue weighted by atomic mass is 10.0. The Morgan fingerprint density at radius 1 is 0.941 bits per heavy atom. The molecule has 0 unspecified atom stereocenters. The van der Waals surface area contributed by atoms with E-state index in [1.165, 1.54) is 0 Å². The second-order valence-corrected chi connectivity index (χ2v) is 8.49. The molecule has 172 valence electrons. The van der Waals surface area contributed by atoms with Gasteiger partial charge in [-0.3, -0.25) is 4.79 Å². The van der Waals surface area contributed by atoms with Crippen LogP contribution in [-0.2, 0) is 17.8 Å². The monoisotopic (exact) mass is 516 g/mol. The zero-order valence-corrected chi connectivity index (χ0v) is 20.4. The summed E-state index contributed by atoms with van der Waals surface area (Å²) in [4.78, 5) is 12.5. The first-order valence-electron chi connectivity index (χ1n) is 11.1. The zero-order valence-electron chi connectivity index (χ0n) is 18.8. The molecule has 4 aromatic carbocycles. The molecule has 0 aromatic heterocycles. The Kier molecular flexibility index (Phi) is 7.94. The van der Waals surface area contributed by atoms with Crippen LogP contribution in [0.25, 0.3) is 10.8 Å². The van der Waals surface area contributed by atoms with Crippen molar-refractivity contribution in [2.75, 3.05) is 6.61 Å². The van der Waals surface area contributed by atoms with Gasteiger partial charge in [-0.05, 0) is 56.9 Å². The molecule has 34 heavy (non-hydrogen) atoms. The zero-order chi connectivity index (χ0) is 23.8. The van der Waals surface area contributed by atoms with Crippen molar-refractivity contribution in [3.05, 3.63) is 106 Å². The second-order valence-electron chi connectivity index (χ2n) is 7.64. The van der Waals surface area contributed by atoms with Crippen LogP contribution in [0.1, 0.15) is 23.6 Å². The van der Waals surface area contributed by atoms with Crippen LogP contribution in [0.15, 0.2) is 94.5 Å². The molecule has 0 radical (unpaired) electrons. The molecule has 0 aliphatic heterocycles. The van der Waals surface area contributed by atoms with Gasteiger partial charge in [0.25, 0.3) is 0 Å². The van der Waals surface area contributed by atoms with Crippen molar-refractivity contribution in [3.63, 3.8) is 0 Å². The van der Waals surface area contributed by atoms with Gasteiger partial charge in [0.2, 0.25) is 5.91 Å². The summed E-state index contributed by atoms with van der Waals surface area (Å²) in [5.41, 5.74) is 5.42. The Morgan fingerprint density at radius 2 is 1.68 bits per heavy atom. The van der Waals surface area contributed by atoms with Crippen LogP contribution in [0.4, 0.5) is 0 Å². The third-order valence-corrected chi connectivity index (χ3v) is 5.91. The number of carbonyl (C=O) groups is 1. The lowest BCUT2D eigenvalue weighted by molar-refractivity contribution is -0.120. The maximum Gasteiger partial charge on any atom is 0.244 e. The van der Waals surface area contributed by atoms with E-state index in [-0.39, 0.29) is 12.3 Å². The van der Waals surface area contributed by atoms with Gasteiger partial charge in [0.05, 0.1) is 19.2 Å². The Morgan fingerprint density at radius 3 is 2.50 bits per heavy atom. The van der Waals surface area contributed by atoms with E-state index in [1.54, 1.807) is 6.21 Å². The number of amides is 1. The lowest BCUT2D eigenvalue weighted by Gasteiger charge is -2.14. The average molecular weight is 517 g/mol. The highest BCUT2D eigenvalue weighted by atomic mass is 79.9. The molecule has 0 spiro atoms. The van der Waals surface area contributed by atoms with E-state index < -0.39 is 0 Å². The quantitative estimate of drug-likeness (QED) is 0.210. The van der Waals surface area contributed by atoms with Crippen LogP contribution in [0.2, 0.25) is 0 Å². The van der Waals surface area contributed by atoms with Crippen LogP contribution in [0, 0.1) is 0 Å². The highest BCUT2D eigenvalue weighted by Gasteiger charge is 2.11. The predicted molar refractivity (Wildman–Crippen MR) is 139 cm³/mol. The summed E-state index contributed by atoms with van der Waals surface area (Å²) in [6.07, 6.45) is 1.84. The fourth-order valence-corrected chi connectivity index (χ4v) is 4.02. The van der Waals surface area contributed by atoms with E-state index in [0.717, 1.165) is 31.9 Å². The molecule has 6 heteroatoms. The van der Waals surface area contributed by atoms with Crippen molar-refractivity contribution in [1.29, 1.82) is 0 Å². The average Bonchev–Trinajstić information content (AvgIpc) is 2.86. The standard InChI is InChI=1S/C28H25BrN2O3/c1-2-33-26-15-23(25(29)17-27(26)34-19-20-9-4-3-5-10-20)18-30-31-28(32)16-22-13-8-12-21-11-6-7-14-24(21)22/h3-15,17-18H,2,16,19H2,1H3,(H,31,32)/b30-18-. The third kappa shape index (κ3) is 6.02. The number of rotatable bonds is 9. The van der Waals surface area contributed by atoms with Crippen LogP contribution in [-0.4, -0.2) is 18.7 Å². The number of benzene rings is 4. The molecule has 0 bridgehead atoms. The number of nitrogens with zero attached hydrogens (tertiary/aromatic N) is 1. The first kappa shape index (κ1) is 23.5. The summed E-state index contributed by atoms with van der Waals surface area (Å²) in [5, 5.41) is 6.33. The van der Waals surface area contributed by atoms with Crippen LogP contribution < -0.4 is 14.9 Å². The highest BCUT2D eigenvalue weighted by molar-refractivity contribution is 9.10. The molecule has 0 fully saturated rings. The van der Waals surface area contributed by atoms with E-state index in [9.17, 15) is 4.79 Å². The molecule has 0 aliphatic rings. The normalized spacial score (nSPS) is 11.0. The van der Waals surface area contributed by atoms with Crippen molar-refractivity contribution < 1.29 is 14.3 Å². The number of hydrogen-bond donors (Lipinski definition) is 1. The Hall–Kier alpha value is -3.64. The highest BCUT2D eigenvalue weighted by Crippen LogP contribution is 2.34. The van der Waals surface area contributed by atoms with Crippen LogP contribution in [0.3, 0.4) is 0 Å². The summed E-state index contributed by atoms with van der Waals surface area (Å²) in [7, 11) is 0. The largest absolute Gasteiger partial charge is 0.490 e. The van der Waals surface area contributed by atoms with Crippen molar-refractivity contribution in [2.45, 2.75) is 20.0 Å². The van der Waals surface area contributed by atoms with Crippen molar-refractivity contribution in [1.82, 2.24) is 5.43 Å². The molecule has 0 saturated carbocycles. The summed E-state index contributed by atoms with van der Waals surface area (Å²) in [6, 6.07) is 27.6. The van der Waals surface area contributed by atoms with Crippen molar-refractivity contribution >= 4 is 38.8 Å². The molecule has 5 nitrogen and oxygen atoms in total. The predicted octanol–water partition coefficient (Wildman–Crippen LogP) is 6.27. The number of hydrogen-bond acceptors (Lipinski definition) is 4. The van der Waals surface area contributed by atoms with E-state index in [4.69, 9.17) is 9.47 Å². The maximum atomic E-state index is 12.5. The van der Waals surface area contributed by atoms with E-state index >= 15 is 0 Å². The molecule has 0 atom stereocenters. The molecule has 0 saturated heterocycles. The molecule has 1 amide bonds. The number of hydrazone groups is 1. The van der Waals surface area contributed by atoms with E-state index in [0.29, 0.717) is 24.7 Å². The van der Waals surface area contributed by atoms with Gasteiger partial charge in [0.15, 0.2) is 11.5 Å². The summed E-state index contributed by atoms with van der Waals surface area (Å²) < 4.78 is 12.5. The number of halogens is 1. The fourth-order valence-electron chi connectivity index (χ4n) is 3.60. The van der Waals surface area contributed by atoms with Gasteiger partial charge in [-0.15, -0.1) is 0 Å². The first-order valence-corrected chi connectivity index (χ1v) is 11.8. The van der Waals surface area contributed by atoms with Gasteiger partial charge in [0.1, 0.15) is 6.61 Å². The number of carbonyl (C=O) groups excluding carboxylic acids is 1. The van der Waals surface area contributed by atoms with Crippen molar-refractivity contribution in [3.8, 4) is 11.5 Å². The van der Waals surface area contributed by atoms with Gasteiger partial charge >= 0.3 is 0 Å². The number of nitrogens with one attached hydrogen (secondary N) is 1. The minimum Gasteiger partial charge on any atom is -0.490 e.